The minimum atomic E-state index is -0.302. The summed E-state index contributed by atoms with van der Waals surface area (Å²) in [7, 11) is 0. The Kier molecular flexibility index (Phi) is 5.77. The Morgan fingerprint density at radius 2 is 1.90 bits per heavy atom. The van der Waals surface area contributed by atoms with E-state index in [1.807, 2.05) is 61.7 Å². The summed E-state index contributed by atoms with van der Waals surface area (Å²) in [6.45, 7) is 5.35. The molecule has 0 aliphatic heterocycles. The molecule has 0 saturated heterocycles. The van der Waals surface area contributed by atoms with Gasteiger partial charge in [0, 0.05) is 16.8 Å². The minimum absolute atomic E-state index is 0.0636. The molecule has 1 unspecified atom stereocenters. The molecule has 1 aliphatic rings. The zero-order chi connectivity index (χ0) is 21.1. The molecule has 6 heteroatoms. The van der Waals surface area contributed by atoms with E-state index in [0.717, 1.165) is 16.7 Å². The number of carbonyl (C=O) groups is 2. The van der Waals surface area contributed by atoms with E-state index in [2.05, 4.69) is 22.2 Å². The van der Waals surface area contributed by atoms with Crippen LogP contribution in [0.3, 0.4) is 0 Å². The fraction of sp³-hybridized carbons (Fsp3) is 0.208. The average molecular weight is 418 g/mol. The number of carbonyl (C=O) groups excluding carboxylic acids is 2. The fourth-order valence-corrected chi connectivity index (χ4v) is 4.18. The smallest absolute Gasteiger partial charge is 0.247 e. The zero-order valence-electron chi connectivity index (χ0n) is 16.7. The summed E-state index contributed by atoms with van der Waals surface area (Å²) in [6, 6.07) is 15.5. The van der Waals surface area contributed by atoms with Crippen LogP contribution >= 0.6 is 11.3 Å². The predicted octanol–water partition coefficient (Wildman–Crippen LogP) is 5.55. The van der Waals surface area contributed by atoms with Crippen molar-refractivity contribution in [2.45, 2.75) is 31.6 Å². The summed E-state index contributed by atoms with van der Waals surface area (Å²) in [6.07, 6.45) is 5.56. The van der Waals surface area contributed by atoms with Crippen molar-refractivity contribution >= 4 is 34.0 Å². The maximum absolute atomic E-state index is 12.7. The first kappa shape index (κ1) is 20.0. The van der Waals surface area contributed by atoms with Gasteiger partial charge in [-0.2, -0.15) is 0 Å². The molecule has 2 N–H and O–H groups in total. The molecular weight excluding hydrogens is 394 g/mol. The van der Waals surface area contributed by atoms with Gasteiger partial charge in [0.15, 0.2) is 5.13 Å². The van der Waals surface area contributed by atoms with E-state index in [1.54, 1.807) is 11.3 Å². The van der Waals surface area contributed by atoms with Crippen LogP contribution in [0.2, 0.25) is 0 Å². The van der Waals surface area contributed by atoms with E-state index in [0.29, 0.717) is 16.7 Å². The summed E-state index contributed by atoms with van der Waals surface area (Å²) in [4.78, 5) is 29.8. The van der Waals surface area contributed by atoms with Gasteiger partial charge in [0.2, 0.25) is 11.8 Å². The lowest BCUT2D eigenvalue weighted by Crippen LogP contribution is -2.18. The van der Waals surface area contributed by atoms with E-state index in [9.17, 15) is 9.59 Å². The van der Waals surface area contributed by atoms with Crippen molar-refractivity contribution in [3.05, 3.63) is 77.8 Å². The lowest BCUT2D eigenvalue weighted by molar-refractivity contribution is -0.117. The molecule has 2 amide bonds. The van der Waals surface area contributed by atoms with Gasteiger partial charge in [0.25, 0.3) is 0 Å². The maximum Gasteiger partial charge on any atom is 0.247 e. The zero-order valence-corrected chi connectivity index (χ0v) is 17.5. The molecule has 30 heavy (non-hydrogen) atoms. The fourth-order valence-electron chi connectivity index (χ4n) is 3.19. The van der Waals surface area contributed by atoms with E-state index >= 15 is 0 Å². The third kappa shape index (κ3) is 4.66. The number of thiazole rings is 1. The molecule has 1 saturated carbocycles. The lowest BCUT2D eigenvalue weighted by atomic mass is 9.95. The van der Waals surface area contributed by atoms with Gasteiger partial charge in [-0.3, -0.25) is 9.59 Å². The number of hydrogen-bond donors (Lipinski definition) is 2. The topological polar surface area (TPSA) is 71.1 Å². The van der Waals surface area contributed by atoms with Gasteiger partial charge in [-0.25, -0.2) is 4.98 Å². The summed E-state index contributed by atoms with van der Waals surface area (Å²) < 4.78 is 0. The Balaban J connectivity index is 1.45. The number of rotatable bonds is 7. The highest BCUT2D eigenvalue weighted by atomic mass is 32.1. The van der Waals surface area contributed by atoms with Crippen LogP contribution in [-0.4, -0.2) is 16.8 Å². The van der Waals surface area contributed by atoms with Crippen LogP contribution < -0.4 is 10.6 Å². The van der Waals surface area contributed by atoms with Gasteiger partial charge in [-0.05, 0) is 60.6 Å². The molecule has 5 nitrogen and oxygen atoms in total. The first-order valence-corrected chi connectivity index (χ1v) is 10.8. The van der Waals surface area contributed by atoms with Gasteiger partial charge < -0.3 is 10.6 Å². The quantitative estimate of drug-likeness (QED) is 0.495. The Labute approximate surface area is 179 Å². The highest BCUT2D eigenvalue weighted by Gasteiger charge is 2.26. The molecular formula is C24H23N3O2S. The SMILES string of the molecule is C=CC(=O)Nc1ccc(-c2cccc(C(C)C(=O)Nc3ncc(C4CC4)s3)c2)cc1. The Morgan fingerprint density at radius 3 is 2.60 bits per heavy atom. The highest BCUT2D eigenvalue weighted by molar-refractivity contribution is 7.15. The summed E-state index contributed by atoms with van der Waals surface area (Å²) in [5.74, 6) is 0.0310. The van der Waals surface area contributed by atoms with Gasteiger partial charge >= 0.3 is 0 Å². The molecule has 1 atom stereocenters. The van der Waals surface area contributed by atoms with Crippen molar-refractivity contribution in [3.8, 4) is 11.1 Å². The highest BCUT2D eigenvalue weighted by Crippen LogP contribution is 2.43. The molecule has 1 fully saturated rings. The van der Waals surface area contributed by atoms with Gasteiger partial charge in [-0.1, -0.05) is 43.0 Å². The molecule has 152 valence electrons. The second-order valence-electron chi connectivity index (χ2n) is 7.45. The van der Waals surface area contributed by atoms with E-state index in [1.165, 1.54) is 23.8 Å². The lowest BCUT2D eigenvalue weighted by Gasteiger charge is -2.13. The average Bonchev–Trinajstić information content (AvgIpc) is 3.52. The van der Waals surface area contributed by atoms with Crippen molar-refractivity contribution in [1.82, 2.24) is 4.98 Å². The minimum Gasteiger partial charge on any atom is -0.323 e. The van der Waals surface area contributed by atoms with Crippen LogP contribution in [0.5, 0.6) is 0 Å². The third-order valence-corrected chi connectivity index (χ3v) is 6.26. The van der Waals surface area contributed by atoms with Crippen LogP contribution in [0.4, 0.5) is 10.8 Å². The van der Waals surface area contributed by atoms with Gasteiger partial charge in [0.1, 0.15) is 0 Å². The number of anilines is 2. The molecule has 0 radical (unpaired) electrons. The Hall–Kier alpha value is -3.25. The summed E-state index contributed by atoms with van der Waals surface area (Å²) >= 11 is 1.57. The second kappa shape index (κ2) is 8.63. The van der Waals surface area contributed by atoms with E-state index < -0.39 is 0 Å². The van der Waals surface area contributed by atoms with Crippen LogP contribution in [0, 0.1) is 0 Å². The molecule has 1 heterocycles. The van der Waals surface area contributed by atoms with Crippen molar-refractivity contribution in [1.29, 1.82) is 0 Å². The second-order valence-corrected chi connectivity index (χ2v) is 8.51. The van der Waals surface area contributed by atoms with E-state index in [4.69, 9.17) is 0 Å². The maximum atomic E-state index is 12.7. The van der Waals surface area contributed by atoms with Gasteiger partial charge in [0.05, 0.1) is 5.92 Å². The van der Waals surface area contributed by atoms with Crippen molar-refractivity contribution in [2.75, 3.05) is 10.6 Å². The number of nitrogens with zero attached hydrogens (tertiary/aromatic N) is 1. The molecule has 1 aliphatic carbocycles. The predicted molar refractivity (Wildman–Crippen MR) is 122 cm³/mol. The number of aromatic nitrogens is 1. The largest absolute Gasteiger partial charge is 0.323 e. The molecule has 4 rings (SSSR count). The normalized spacial score (nSPS) is 14.0. The summed E-state index contributed by atoms with van der Waals surface area (Å²) in [5.41, 5.74) is 3.67. The standard InChI is InChI=1S/C24H23N3O2S/c1-3-22(28)26-20-11-9-16(10-12-20)19-6-4-5-18(13-19)15(2)23(29)27-24-25-14-21(30-24)17-7-8-17/h3-6,9-15,17H,1,7-8H2,2H3,(H,26,28)(H,25,27,29). The number of nitrogens with one attached hydrogen (secondary N) is 2. The van der Waals surface area contributed by atoms with Crippen LogP contribution in [0.25, 0.3) is 11.1 Å². The van der Waals surface area contributed by atoms with Crippen molar-refractivity contribution < 1.29 is 9.59 Å². The van der Waals surface area contributed by atoms with Gasteiger partial charge in [-0.15, -0.1) is 11.3 Å². The summed E-state index contributed by atoms with van der Waals surface area (Å²) in [5, 5.41) is 6.36. The number of benzene rings is 2. The first-order valence-electron chi connectivity index (χ1n) is 9.94. The van der Waals surface area contributed by atoms with Crippen molar-refractivity contribution in [2.24, 2.45) is 0 Å². The number of hydrogen-bond acceptors (Lipinski definition) is 4. The van der Waals surface area contributed by atoms with E-state index in [-0.39, 0.29) is 17.7 Å². The van der Waals surface area contributed by atoms with Crippen LogP contribution in [0.15, 0.2) is 67.4 Å². The van der Waals surface area contributed by atoms with Crippen LogP contribution in [0.1, 0.15) is 42.0 Å². The molecule has 1 aromatic heterocycles. The van der Waals surface area contributed by atoms with Crippen molar-refractivity contribution in [3.63, 3.8) is 0 Å². The molecule has 0 spiro atoms. The molecule has 3 aromatic rings. The Bertz CT molecular complexity index is 1080. The molecule has 2 aromatic carbocycles. The molecule has 0 bridgehead atoms. The Morgan fingerprint density at radius 1 is 1.13 bits per heavy atom. The van der Waals surface area contributed by atoms with Crippen LogP contribution in [-0.2, 0) is 9.59 Å². The monoisotopic (exact) mass is 417 g/mol. The first-order chi connectivity index (χ1) is 14.5. The number of amides is 2. The third-order valence-electron chi connectivity index (χ3n) is 5.18.